The van der Waals surface area contributed by atoms with Crippen molar-refractivity contribution in [3.05, 3.63) is 45.5 Å². The van der Waals surface area contributed by atoms with E-state index in [1.54, 1.807) is 0 Å². The molecule has 0 unspecified atom stereocenters. The van der Waals surface area contributed by atoms with Crippen LogP contribution in [0, 0.1) is 0 Å². The number of anilines is 4. The molecule has 4 heterocycles. The lowest BCUT2D eigenvalue weighted by Crippen LogP contribution is -2.64. The van der Waals surface area contributed by atoms with Crippen LogP contribution >= 0.6 is 0 Å². The molecule has 192 valence electrons. The van der Waals surface area contributed by atoms with Crippen LogP contribution in [-0.2, 0) is 25.7 Å². The van der Waals surface area contributed by atoms with Crippen molar-refractivity contribution in [1.82, 2.24) is 0 Å². The van der Waals surface area contributed by atoms with Gasteiger partial charge in [-0.25, -0.2) is 0 Å². The molecule has 1 fully saturated rings. The van der Waals surface area contributed by atoms with Crippen LogP contribution in [0.5, 0.6) is 0 Å². The van der Waals surface area contributed by atoms with Crippen molar-refractivity contribution in [2.24, 2.45) is 0 Å². The van der Waals surface area contributed by atoms with Gasteiger partial charge in [0.05, 0.1) is 0 Å². The molecular formula is C30H38N4O2-2. The van der Waals surface area contributed by atoms with E-state index in [1.807, 2.05) is 14.1 Å². The Morgan fingerprint density at radius 2 is 1.03 bits per heavy atom. The van der Waals surface area contributed by atoms with Gasteiger partial charge >= 0.3 is 0 Å². The third-order valence-corrected chi connectivity index (χ3v) is 9.74. The second-order valence-electron chi connectivity index (χ2n) is 11.5. The Morgan fingerprint density at radius 1 is 0.639 bits per heavy atom. The van der Waals surface area contributed by atoms with Gasteiger partial charge in [0, 0.05) is 63.0 Å². The molecule has 2 aromatic carbocycles. The van der Waals surface area contributed by atoms with E-state index >= 15 is 0 Å². The highest BCUT2D eigenvalue weighted by Crippen LogP contribution is 2.54. The monoisotopic (exact) mass is 486 g/mol. The van der Waals surface area contributed by atoms with Crippen LogP contribution in [0.15, 0.2) is 12.1 Å². The molecule has 1 aliphatic carbocycles. The normalized spacial score (nSPS) is 28.2. The van der Waals surface area contributed by atoms with Crippen LogP contribution < -0.4 is 30.6 Å². The third-order valence-electron chi connectivity index (χ3n) is 9.74. The second kappa shape index (κ2) is 8.56. The van der Waals surface area contributed by atoms with Gasteiger partial charge in [-0.1, -0.05) is 12.1 Å². The average molecular weight is 487 g/mol. The summed E-state index contributed by atoms with van der Waals surface area (Å²) in [4.78, 5) is 5.05. The lowest BCUT2D eigenvalue weighted by molar-refractivity contribution is -0.535. The summed E-state index contributed by atoms with van der Waals surface area (Å²) in [5, 5.41) is 34.9. The summed E-state index contributed by atoms with van der Waals surface area (Å²) in [7, 11) is 3.91. The largest absolute Gasteiger partial charge is 0.851 e. The van der Waals surface area contributed by atoms with Gasteiger partial charge in [-0.2, -0.15) is 0 Å². The smallest absolute Gasteiger partial charge is 0.0452 e. The maximum absolute atomic E-state index is 14.0. The maximum Gasteiger partial charge on any atom is 0.0452 e. The summed E-state index contributed by atoms with van der Waals surface area (Å²) in [5.41, 5.74) is 12.3. The van der Waals surface area contributed by atoms with Gasteiger partial charge in [0.15, 0.2) is 0 Å². The Labute approximate surface area is 214 Å². The lowest BCUT2D eigenvalue weighted by atomic mass is 9.61. The SMILES string of the molecule is CNc1c(C2C([O-])C(c3cc4c5c(c3NC)CCCN5CCC4)C2[O-])cc2c3c1CCCN3CCC2. The highest BCUT2D eigenvalue weighted by Gasteiger charge is 2.43. The molecule has 0 aromatic heterocycles. The Hall–Kier alpha value is -2.44. The van der Waals surface area contributed by atoms with Crippen molar-refractivity contribution in [3.63, 3.8) is 0 Å². The summed E-state index contributed by atoms with van der Waals surface area (Å²) in [5.74, 6) is -0.963. The van der Waals surface area contributed by atoms with Crippen LogP contribution in [0.4, 0.5) is 22.7 Å². The number of nitrogens with one attached hydrogen (secondary N) is 2. The predicted octanol–water partition coefficient (Wildman–Crippen LogP) is 2.51. The van der Waals surface area contributed by atoms with E-state index in [2.05, 4.69) is 32.6 Å². The van der Waals surface area contributed by atoms with Gasteiger partial charge in [-0.15, -0.1) is 12.2 Å². The first kappa shape index (κ1) is 22.7. The molecule has 2 aromatic rings. The Bertz CT molecular complexity index is 1100. The van der Waals surface area contributed by atoms with Crippen LogP contribution in [-0.4, -0.2) is 52.5 Å². The van der Waals surface area contributed by atoms with E-state index in [9.17, 15) is 10.2 Å². The first-order chi connectivity index (χ1) is 17.6. The minimum Gasteiger partial charge on any atom is -0.851 e. The number of hydrogen-bond acceptors (Lipinski definition) is 6. The van der Waals surface area contributed by atoms with Gasteiger partial charge < -0.3 is 30.6 Å². The van der Waals surface area contributed by atoms with Gasteiger partial charge in [0.1, 0.15) is 0 Å². The van der Waals surface area contributed by atoms with E-state index in [4.69, 9.17) is 0 Å². The van der Waals surface area contributed by atoms with Gasteiger partial charge in [-0.3, -0.25) is 0 Å². The van der Waals surface area contributed by atoms with Crippen molar-refractivity contribution in [2.75, 3.05) is 60.7 Å². The van der Waals surface area contributed by atoms with Gasteiger partial charge in [0.25, 0.3) is 0 Å². The first-order valence-electron chi connectivity index (χ1n) is 14.2. The fourth-order valence-electron chi connectivity index (χ4n) is 8.27. The van der Waals surface area contributed by atoms with Crippen molar-refractivity contribution < 1.29 is 10.2 Å². The van der Waals surface area contributed by atoms with Crippen molar-refractivity contribution in [1.29, 1.82) is 0 Å². The number of rotatable bonds is 4. The fourth-order valence-corrected chi connectivity index (χ4v) is 8.27. The molecular weight excluding hydrogens is 448 g/mol. The standard InChI is InChI=1S/C30H38N4O2/c1-31-25-19-9-5-13-33-11-3-7-17(27(19)33)15-21(25)23-29(35)24(30(23)36)22-16-18-8-4-12-34-14-6-10-20(28(18)34)26(22)32-2/h15-16,23-24,29-32H,3-14H2,1-2H3/q-2. The predicted molar refractivity (Wildman–Crippen MR) is 143 cm³/mol. The van der Waals surface area contributed by atoms with Crippen molar-refractivity contribution in [2.45, 2.75) is 75.4 Å². The summed E-state index contributed by atoms with van der Waals surface area (Å²) in [6, 6.07) is 4.46. The number of aryl methyl sites for hydroxylation is 2. The van der Waals surface area contributed by atoms with Gasteiger partial charge in [-0.05, 0) is 96.6 Å². The Kier molecular flexibility index (Phi) is 5.40. The van der Waals surface area contributed by atoms with Crippen molar-refractivity contribution in [3.8, 4) is 0 Å². The van der Waals surface area contributed by atoms with E-state index in [-0.39, 0.29) is 0 Å². The topological polar surface area (TPSA) is 76.7 Å². The molecule has 36 heavy (non-hydrogen) atoms. The molecule has 6 nitrogen and oxygen atoms in total. The molecule has 0 atom stereocenters. The van der Waals surface area contributed by atoms with Crippen LogP contribution in [0.1, 0.15) is 70.9 Å². The van der Waals surface area contributed by atoms with Gasteiger partial charge in [0.2, 0.25) is 0 Å². The molecule has 0 amide bonds. The zero-order valence-electron chi connectivity index (χ0n) is 21.7. The molecule has 1 saturated carbocycles. The summed E-state index contributed by atoms with van der Waals surface area (Å²) >= 11 is 0. The first-order valence-corrected chi connectivity index (χ1v) is 14.2. The molecule has 0 radical (unpaired) electrons. The van der Waals surface area contributed by atoms with E-state index in [0.29, 0.717) is 0 Å². The summed E-state index contributed by atoms with van der Waals surface area (Å²) in [6.07, 6.45) is 6.92. The number of nitrogens with zero attached hydrogens (tertiary/aromatic N) is 2. The Balaban J connectivity index is 1.29. The molecule has 6 heteroatoms. The quantitative estimate of drug-likeness (QED) is 0.692. The second-order valence-corrected chi connectivity index (χ2v) is 11.5. The van der Waals surface area contributed by atoms with Crippen molar-refractivity contribution >= 4 is 22.7 Å². The zero-order valence-corrected chi connectivity index (χ0v) is 21.7. The van der Waals surface area contributed by atoms with E-state index in [0.717, 1.165) is 100 Å². The molecule has 2 N–H and O–H groups in total. The fraction of sp³-hybridized carbons (Fsp3) is 0.600. The highest BCUT2D eigenvalue weighted by molar-refractivity contribution is 5.78. The highest BCUT2D eigenvalue weighted by atomic mass is 16.3. The van der Waals surface area contributed by atoms with E-state index < -0.39 is 24.0 Å². The number of hydrogen-bond donors (Lipinski definition) is 2. The molecule has 0 spiro atoms. The summed E-state index contributed by atoms with van der Waals surface area (Å²) < 4.78 is 0. The molecule has 0 bridgehead atoms. The number of benzene rings is 2. The Morgan fingerprint density at radius 3 is 1.42 bits per heavy atom. The maximum atomic E-state index is 14.0. The summed E-state index contributed by atoms with van der Waals surface area (Å²) in [6.45, 7) is 4.47. The minimum absolute atomic E-state index is 0.482. The minimum atomic E-state index is -0.909. The van der Waals surface area contributed by atoms with E-state index in [1.165, 1.54) is 33.6 Å². The molecule has 4 aliphatic heterocycles. The van der Waals surface area contributed by atoms with Crippen LogP contribution in [0.3, 0.4) is 0 Å². The third kappa shape index (κ3) is 3.10. The molecule has 5 aliphatic rings. The zero-order chi connectivity index (χ0) is 24.6. The van der Waals surface area contributed by atoms with Crippen LogP contribution in [0.25, 0.3) is 0 Å². The average Bonchev–Trinajstić information content (AvgIpc) is 2.90. The van der Waals surface area contributed by atoms with Crippen LogP contribution in [0.2, 0.25) is 0 Å². The lowest BCUT2D eigenvalue weighted by Gasteiger charge is -2.62. The molecule has 0 saturated heterocycles. The molecule has 7 rings (SSSR count).